The second kappa shape index (κ2) is 7.47. The molecule has 0 unspecified atom stereocenters. The quantitative estimate of drug-likeness (QED) is 0.624. The van der Waals surface area contributed by atoms with E-state index in [1.165, 1.54) is 0 Å². The molecule has 0 saturated heterocycles. The molecule has 1 aromatic carbocycles. The summed E-state index contributed by atoms with van der Waals surface area (Å²) in [6.07, 6.45) is 1.72. The van der Waals surface area contributed by atoms with Crippen LogP contribution in [-0.4, -0.2) is 11.6 Å². The second-order valence-corrected chi connectivity index (χ2v) is 6.62. The molecule has 0 saturated carbocycles. The summed E-state index contributed by atoms with van der Waals surface area (Å²) in [6, 6.07) is 5.99. The number of nitrogens with zero attached hydrogens (tertiary/aromatic N) is 1. The Balaban J connectivity index is 2.20. The maximum Gasteiger partial charge on any atom is 0.138 e. The van der Waals surface area contributed by atoms with Crippen molar-refractivity contribution in [2.45, 2.75) is 20.4 Å². The zero-order valence-electron chi connectivity index (χ0n) is 11.7. The van der Waals surface area contributed by atoms with Crippen LogP contribution in [-0.2, 0) is 6.54 Å². The van der Waals surface area contributed by atoms with E-state index in [9.17, 15) is 0 Å². The molecule has 0 aliphatic rings. The van der Waals surface area contributed by atoms with Gasteiger partial charge >= 0.3 is 0 Å². The molecular formula is C15H15Br2ClN2O. The first-order valence-electron chi connectivity index (χ1n) is 6.48. The minimum absolute atomic E-state index is 0.528. The molecule has 0 amide bonds. The summed E-state index contributed by atoms with van der Waals surface area (Å²) in [5.74, 6) is 0.854. The van der Waals surface area contributed by atoms with E-state index in [4.69, 9.17) is 16.3 Å². The fraction of sp³-hybridized carbons (Fsp3) is 0.267. The van der Waals surface area contributed by atoms with Crippen LogP contribution in [0.3, 0.4) is 0 Å². The predicted molar refractivity (Wildman–Crippen MR) is 94.3 cm³/mol. The molecule has 2 aromatic rings. The highest BCUT2D eigenvalue weighted by Gasteiger charge is 2.10. The van der Waals surface area contributed by atoms with Gasteiger partial charge in [0.25, 0.3) is 0 Å². The number of hydrogen-bond donors (Lipinski definition) is 1. The maximum absolute atomic E-state index is 5.93. The van der Waals surface area contributed by atoms with E-state index in [-0.39, 0.29) is 0 Å². The molecule has 21 heavy (non-hydrogen) atoms. The number of benzene rings is 1. The van der Waals surface area contributed by atoms with Crippen molar-refractivity contribution in [1.29, 1.82) is 0 Å². The van der Waals surface area contributed by atoms with E-state index in [2.05, 4.69) is 42.2 Å². The maximum atomic E-state index is 5.93. The molecule has 0 atom stereocenters. The lowest BCUT2D eigenvalue weighted by Crippen LogP contribution is -2.04. The Morgan fingerprint density at radius 1 is 1.29 bits per heavy atom. The van der Waals surface area contributed by atoms with Gasteiger partial charge in [0.05, 0.1) is 23.0 Å². The van der Waals surface area contributed by atoms with Crippen LogP contribution in [0.5, 0.6) is 5.75 Å². The number of ether oxygens (including phenoxy) is 1. The summed E-state index contributed by atoms with van der Waals surface area (Å²) < 4.78 is 7.64. The van der Waals surface area contributed by atoms with Gasteiger partial charge in [-0.15, -0.1) is 0 Å². The van der Waals surface area contributed by atoms with E-state index in [1.807, 2.05) is 32.0 Å². The Morgan fingerprint density at radius 2 is 2.05 bits per heavy atom. The molecule has 0 spiro atoms. The van der Waals surface area contributed by atoms with Gasteiger partial charge in [0.2, 0.25) is 0 Å². The van der Waals surface area contributed by atoms with Gasteiger partial charge in [0, 0.05) is 16.6 Å². The van der Waals surface area contributed by atoms with Crippen LogP contribution in [0, 0.1) is 6.92 Å². The molecule has 3 nitrogen and oxygen atoms in total. The zero-order chi connectivity index (χ0) is 15.4. The van der Waals surface area contributed by atoms with Crippen molar-refractivity contribution in [2.75, 3.05) is 11.9 Å². The summed E-state index contributed by atoms with van der Waals surface area (Å²) in [5.41, 5.74) is 2.93. The van der Waals surface area contributed by atoms with Crippen LogP contribution in [0.25, 0.3) is 0 Å². The van der Waals surface area contributed by atoms with Crippen molar-refractivity contribution in [2.24, 2.45) is 0 Å². The lowest BCUT2D eigenvalue weighted by molar-refractivity contribution is 0.334. The molecule has 1 N–H and O–H groups in total. The summed E-state index contributed by atoms with van der Waals surface area (Å²) in [6.45, 7) is 5.16. The molecule has 0 aliphatic carbocycles. The predicted octanol–water partition coefficient (Wildman–Crippen LogP) is 5.58. The summed E-state index contributed by atoms with van der Waals surface area (Å²) in [7, 11) is 0. The molecule has 0 aliphatic heterocycles. The minimum atomic E-state index is 0.528. The number of halogens is 3. The first kappa shape index (κ1) is 16.6. The first-order valence-corrected chi connectivity index (χ1v) is 8.44. The summed E-state index contributed by atoms with van der Waals surface area (Å²) in [5, 5.41) is 3.87. The van der Waals surface area contributed by atoms with Crippen LogP contribution in [0.15, 0.2) is 33.3 Å². The van der Waals surface area contributed by atoms with E-state index in [1.54, 1.807) is 6.20 Å². The van der Waals surface area contributed by atoms with Gasteiger partial charge in [-0.3, -0.25) is 0 Å². The van der Waals surface area contributed by atoms with Crippen molar-refractivity contribution in [3.05, 3.63) is 49.6 Å². The van der Waals surface area contributed by atoms with E-state index in [0.717, 1.165) is 31.5 Å². The Bertz CT molecular complexity index is 650. The van der Waals surface area contributed by atoms with E-state index >= 15 is 0 Å². The second-order valence-electron chi connectivity index (χ2n) is 4.49. The fourth-order valence-electron chi connectivity index (χ4n) is 1.90. The van der Waals surface area contributed by atoms with Crippen molar-refractivity contribution in [3.8, 4) is 5.75 Å². The monoisotopic (exact) mass is 432 g/mol. The number of hydrogen-bond acceptors (Lipinski definition) is 3. The van der Waals surface area contributed by atoms with Gasteiger partial charge in [-0.1, -0.05) is 27.5 Å². The normalized spacial score (nSPS) is 10.5. The molecular weight excluding hydrogens is 419 g/mol. The van der Waals surface area contributed by atoms with E-state index < -0.39 is 0 Å². The topological polar surface area (TPSA) is 34.1 Å². The summed E-state index contributed by atoms with van der Waals surface area (Å²) >= 11 is 13.0. The molecule has 6 heteroatoms. The van der Waals surface area contributed by atoms with E-state index in [0.29, 0.717) is 18.3 Å². The van der Waals surface area contributed by atoms with Gasteiger partial charge in [-0.05, 0) is 53.5 Å². The van der Waals surface area contributed by atoms with Crippen molar-refractivity contribution in [3.63, 3.8) is 0 Å². The number of nitrogens with one attached hydrogen (secondary N) is 1. The zero-order valence-corrected chi connectivity index (χ0v) is 15.6. The average molecular weight is 435 g/mol. The van der Waals surface area contributed by atoms with Crippen molar-refractivity contribution >= 4 is 49.1 Å². The molecule has 112 valence electrons. The van der Waals surface area contributed by atoms with Crippen molar-refractivity contribution in [1.82, 2.24) is 4.98 Å². The first-order chi connectivity index (χ1) is 10.0. The molecule has 0 fully saturated rings. The minimum Gasteiger partial charge on any atom is -0.492 e. The fourth-order valence-corrected chi connectivity index (χ4v) is 3.43. The Morgan fingerprint density at radius 3 is 2.71 bits per heavy atom. The summed E-state index contributed by atoms with van der Waals surface area (Å²) in [4.78, 5) is 4.14. The smallest absolute Gasteiger partial charge is 0.138 e. The van der Waals surface area contributed by atoms with Gasteiger partial charge in [-0.2, -0.15) is 0 Å². The third-order valence-corrected chi connectivity index (χ3v) is 4.31. The van der Waals surface area contributed by atoms with Crippen LogP contribution in [0.1, 0.15) is 18.1 Å². The largest absolute Gasteiger partial charge is 0.492 e. The lowest BCUT2D eigenvalue weighted by atomic mass is 10.2. The number of pyridine rings is 1. The number of anilines is 1. The van der Waals surface area contributed by atoms with Crippen LogP contribution in [0.4, 0.5) is 5.69 Å². The highest BCUT2D eigenvalue weighted by Crippen LogP contribution is 2.33. The molecule has 0 radical (unpaired) electrons. The Kier molecular flexibility index (Phi) is 5.90. The number of aryl methyl sites for hydroxylation is 1. The SMILES string of the molecule is CCOc1c(Br)cc(Br)cc1CNc1cnc(Cl)c(C)c1. The van der Waals surface area contributed by atoms with Crippen LogP contribution >= 0.6 is 43.5 Å². The number of rotatable bonds is 5. The number of aromatic nitrogens is 1. The lowest BCUT2D eigenvalue weighted by Gasteiger charge is -2.14. The standard InChI is InChI=1S/C15H15Br2ClN2O/c1-3-21-14-10(5-11(16)6-13(14)17)7-19-12-4-9(2)15(18)20-8-12/h4-6,8,19H,3,7H2,1-2H3. The van der Waals surface area contributed by atoms with Gasteiger partial charge < -0.3 is 10.1 Å². The molecule has 1 heterocycles. The molecule has 2 rings (SSSR count). The van der Waals surface area contributed by atoms with Crippen LogP contribution < -0.4 is 10.1 Å². The molecule has 0 bridgehead atoms. The average Bonchev–Trinajstić information content (AvgIpc) is 2.43. The Labute approximate surface area is 146 Å². The highest BCUT2D eigenvalue weighted by molar-refractivity contribution is 9.11. The Hall–Kier alpha value is -0.780. The van der Waals surface area contributed by atoms with Crippen molar-refractivity contribution < 1.29 is 4.74 Å². The third-order valence-electron chi connectivity index (χ3n) is 2.87. The molecule has 1 aromatic heterocycles. The van der Waals surface area contributed by atoms with Crippen LogP contribution in [0.2, 0.25) is 5.15 Å². The van der Waals surface area contributed by atoms with Gasteiger partial charge in [0.1, 0.15) is 10.9 Å². The third kappa shape index (κ3) is 4.34. The van der Waals surface area contributed by atoms with Gasteiger partial charge in [-0.25, -0.2) is 4.98 Å². The van der Waals surface area contributed by atoms with Gasteiger partial charge in [0.15, 0.2) is 0 Å². The highest BCUT2D eigenvalue weighted by atomic mass is 79.9.